The van der Waals surface area contributed by atoms with E-state index >= 15 is 0 Å². The van der Waals surface area contributed by atoms with Crippen molar-refractivity contribution in [1.29, 1.82) is 0 Å². The van der Waals surface area contributed by atoms with Crippen molar-refractivity contribution >= 4 is 28.0 Å². The van der Waals surface area contributed by atoms with Crippen LogP contribution in [0.25, 0.3) is 0 Å². The van der Waals surface area contributed by atoms with Gasteiger partial charge in [0, 0.05) is 5.69 Å². The summed E-state index contributed by atoms with van der Waals surface area (Å²) in [5, 5.41) is 16.3. The second kappa shape index (κ2) is 7.69. The molecule has 0 aliphatic rings. The molecule has 2 rings (SSSR count). The minimum atomic E-state index is -1.56. The molecule has 0 aliphatic carbocycles. The molecule has 0 bridgehead atoms. The first-order valence-corrected chi connectivity index (χ1v) is 8.44. The number of alkyl carbamates (subject to hydrolysis) is 1. The summed E-state index contributed by atoms with van der Waals surface area (Å²) in [6.07, 6.45) is -0.797. The molecule has 1 heterocycles. The van der Waals surface area contributed by atoms with Gasteiger partial charge in [-0.15, -0.1) is 0 Å². The molecule has 2 N–H and O–H groups in total. The van der Waals surface area contributed by atoms with Crippen LogP contribution in [0.5, 0.6) is 0 Å². The summed E-state index contributed by atoms with van der Waals surface area (Å²) >= 11 is 3.40. The minimum absolute atomic E-state index is 0.0267. The Morgan fingerprint density at radius 3 is 2.48 bits per heavy atom. The average molecular weight is 410 g/mol. The second-order valence-corrected chi connectivity index (χ2v) is 6.76. The van der Waals surface area contributed by atoms with Crippen LogP contribution in [0.1, 0.15) is 23.9 Å². The van der Waals surface area contributed by atoms with Crippen molar-refractivity contribution in [3.63, 3.8) is 0 Å². The van der Waals surface area contributed by atoms with E-state index in [4.69, 9.17) is 4.74 Å². The monoisotopic (exact) mass is 409 g/mol. The number of carbonyl (C=O) groups is 2. The van der Waals surface area contributed by atoms with Crippen LogP contribution in [-0.2, 0) is 22.7 Å². The molecule has 7 nitrogen and oxygen atoms in total. The number of nitrogens with one attached hydrogen (secondary N) is 1. The molecular formula is C17H20BrN3O4. The molecule has 2 aromatic rings. The fourth-order valence-electron chi connectivity index (χ4n) is 2.27. The number of halogens is 1. The van der Waals surface area contributed by atoms with Crippen LogP contribution in [0.2, 0.25) is 0 Å². The number of hydrogen-bond donors (Lipinski definition) is 2. The summed E-state index contributed by atoms with van der Waals surface area (Å²) in [4.78, 5) is 23.8. The molecule has 1 unspecified atom stereocenters. The molecule has 0 saturated heterocycles. The summed E-state index contributed by atoms with van der Waals surface area (Å²) < 4.78 is 7.48. The van der Waals surface area contributed by atoms with E-state index in [0.717, 1.165) is 21.4 Å². The fraction of sp³-hybridized carbons (Fsp3) is 0.353. The number of nitrogens with zero attached hydrogens (tertiary/aromatic N) is 2. The fourth-order valence-corrected chi connectivity index (χ4v) is 2.56. The van der Waals surface area contributed by atoms with Crippen molar-refractivity contribution in [2.24, 2.45) is 0 Å². The zero-order chi connectivity index (χ0) is 18.6. The Labute approximate surface area is 154 Å². The van der Waals surface area contributed by atoms with Crippen molar-refractivity contribution in [2.75, 3.05) is 0 Å². The first-order chi connectivity index (χ1) is 11.7. The van der Waals surface area contributed by atoms with E-state index in [-0.39, 0.29) is 13.2 Å². The Morgan fingerprint density at radius 2 is 1.96 bits per heavy atom. The number of carbonyl (C=O) groups excluding carboxylic acids is 1. The molecule has 1 amide bonds. The van der Waals surface area contributed by atoms with E-state index in [1.54, 1.807) is 4.68 Å². The number of hydrogen-bond acceptors (Lipinski definition) is 4. The lowest BCUT2D eigenvalue weighted by molar-refractivity contribution is -0.144. The molecule has 1 atom stereocenters. The van der Waals surface area contributed by atoms with E-state index in [1.165, 1.54) is 6.92 Å². The number of rotatable bonds is 6. The van der Waals surface area contributed by atoms with Crippen LogP contribution < -0.4 is 5.32 Å². The standard InChI is InChI=1S/C17H20BrN3O4/c1-11-14(18)12(2)21(20-11)10-17(3,15(22)23)19-16(24)25-9-13-7-5-4-6-8-13/h4-8H,9-10H2,1-3H3,(H,19,24)(H,22,23). The van der Waals surface area contributed by atoms with Gasteiger partial charge in [-0.2, -0.15) is 5.10 Å². The van der Waals surface area contributed by atoms with E-state index in [9.17, 15) is 14.7 Å². The number of carboxylic acids is 1. The molecule has 0 aliphatic heterocycles. The van der Waals surface area contributed by atoms with Crippen LogP contribution in [-0.4, -0.2) is 32.5 Å². The molecule has 134 valence electrons. The number of amides is 1. The number of carboxylic acid groups (broad SMARTS) is 1. The van der Waals surface area contributed by atoms with E-state index in [2.05, 4.69) is 26.3 Å². The normalized spacial score (nSPS) is 13.1. The summed E-state index contributed by atoms with van der Waals surface area (Å²) in [5.41, 5.74) is 0.787. The van der Waals surface area contributed by atoms with Crippen molar-refractivity contribution < 1.29 is 19.4 Å². The Hall–Kier alpha value is -2.35. The van der Waals surface area contributed by atoms with Crippen molar-refractivity contribution in [2.45, 2.75) is 39.5 Å². The molecule has 0 spiro atoms. The molecule has 1 aromatic heterocycles. The van der Waals surface area contributed by atoms with Gasteiger partial charge in [0.05, 0.1) is 16.7 Å². The molecular weight excluding hydrogens is 390 g/mol. The molecule has 8 heteroatoms. The largest absolute Gasteiger partial charge is 0.479 e. The highest BCUT2D eigenvalue weighted by Crippen LogP contribution is 2.21. The van der Waals surface area contributed by atoms with Crippen molar-refractivity contribution in [1.82, 2.24) is 15.1 Å². The highest BCUT2D eigenvalue weighted by molar-refractivity contribution is 9.10. The SMILES string of the molecule is Cc1nn(CC(C)(NC(=O)OCc2ccccc2)C(=O)O)c(C)c1Br. The van der Waals surface area contributed by atoms with Gasteiger partial charge in [0.1, 0.15) is 6.61 Å². The maximum Gasteiger partial charge on any atom is 0.408 e. The van der Waals surface area contributed by atoms with Crippen molar-refractivity contribution in [3.05, 3.63) is 51.8 Å². The summed E-state index contributed by atoms with van der Waals surface area (Å²) in [5.74, 6) is -1.17. The lowest BCUT2D eigenvalue weighted by atomic mass is 10.0. The number of ether oxygens (including phenoxy) is 1. The highest BCUT2D eigenvalue weighted by Gasteiger charge is 2.37. The molecule has 0 saturated carbocycles. The number of aromatic nitrogens is 2. The topological polar surface area (TPSA) is 93.5 Å². The third-order valence-electron chi connectivity index (χ3n) is 3.82. The average Bonchev–Trinajstić information content (AvgIpc) is 2.80. The number of aryl methyl sites for hydroxylation is 1. The van der Waals surface area contributed by atoms with Gasteiger partial charge in [0.25, 0.3) is 0 Å². The summed E-state index contributed by atoms with van der Waals surface area (Å²) in [6, 6.07) is 9.16. The zero-order valence-corrected chi connectivity index (χ0v) is 15.8. The van der Waals surface area contributed by atoms with Crippen LogP contribution in [0.4, 0.5) is 4.79 Å². The highest BCUT2D eigenvalue weighted by atomic mass is 79.9. The Kier molecular flexibility index (Phi) is 5.84. The second-order valence-electron chi connectivity index (χ2n) is 5.97. The smallest absolute Gasteiger partial charge is 0.408 e. The van der Waals surface area contributed by atoms with Gasteiger partial charge in [0.15, 0.2) is 5.54 Å². The Morgan fingerprint density at radius 1 is 1.32 bits per heavy atom. The maximum atomic E-state index is 12.0. The first kappa shape index (κ1) is 19.0. The van der Waals surface area contributed by atoms with Crippen LogP contribution in [0.15, 0.2) is 34.8 Å². The molecule has 0 fully saturated rings. The van der Waals surface area contributed by atoms with E-state index < -0.39 is 17.6 Å². The maximum absolute atomic E-state index is 12.0. The molecule has 0 radical (unpaired) electrons. The predicted octanol–water partition coefficient (Wildman–Crippen LogP) is 3.03. The number of aliphatic carboxylic acids is 1. The first-order valence-electron chi connectivity index (χ1n) is 7.64. The van der Waals surface area contributed by atoms with Crippen LogP contribution >= 0.6 is 15.9 Å². The van der Waals surface area contributed by atoms with Gasteiger partial charge >= 0.3 is 12.1 Å². The number of benzene rings is 1. The van der Waals surface area contributed by atoms with Gasteiger partial charge in [0.2, 0.25) is 0 Å². The van der Waals surface area contributed by atoms with Gasteiger partial charge in [-0.3, -0.25) is 4.68 Å². The van der Waals surface area contributed by atoms with Gasteiger partial charge in [-0.1, -0.05) is 30.3 Å². The molecule has 1 aromatic carbocycles. The van der Waals surface area contributed by atoms with Crippen molar-refractivity contribution in [3.8, 4) is 0 Å². The third kappa shape index (κ3) is 4.60. The zero-order valence-electron chi connectivity index (χ0n) is 14.2. The Balaban J connectivity index is 2.07. The van der Waals surface area contributed by atoms with Gasteiger partial charge in [-0.05, 0) is 42.3 Å². The quantitative estimate of drug-likeness (QED) is 0.764. The minimum Gasteiger partial charge on any atom is -0.479 e. The predicted molar refractivity (Wildman–Crippen MR) is 95.2 cm³/mol. The van der Waals surface area contributed by atoms with Gasteiger partial charge in [-0.25, -0.2) is 9.59 Å². The summed E-state index contributed by atoms with van der Waals surface area (Å²) in [6.45, 7) is 5.09. The lowest BCUT2D eigenvalue weighted by Gasteiger charge is -2.26. The lowest BCUT2D eigenvalue weighted by Crippen LogP contribution is -2.55. The van der Waals surface area contributed by atoms with Crippen LogP contribution in [0.3, 0.4) is 0 Å². The third-order valence-corrected chi connectivity index (χ3v) is 4.97. The molecule has 25 heavy (non-hydrogen) atoms. The van der Waals surface area contributed by atoms with Gasteiger partial charge < -0.3 is 15.2 Å². The van der Waals surface area contributed by atoms with Crippen LogP contribution in [0, 0.1) is 13.8 Å². The van der Waals surface area contributed by atoms with E-state index in [1.807, 2.05) is 44.2 Å². The van der Waals surface area contributed by atoms with E-state index in [0.29, 0.717) is 0 Å². The Bertz CT molecular complexity index is 776. The summed E-state index contributed by atoms with van der Waals surface area (Å²) in [7, 11) is 0.